The van der Waals surface area contributed by atoms with Crippen LogP contribution in [0.15, 0.2) is 0 Å². The fourth-order valence-electron chi connectivity index (χ4n) is 1.64. The van der Waals surface area contributed by atoms with E-state index < -0.39 is 18.0 Å². The number of esters is 1. The van der Waals surface area contributed by atoms with E-state index in [9.17, 15) is 14.4 Å². The first-order chi connectivity index (χ1) is 8.45. The Bertz CT molecular complexity index is 341. The zero-order valence-electron chi connectivity index (χ0n) is 10.6. The van der Waals surface area contributed by atoms with Crippen LogP contribution in [0.25, 0.3) is 0 Å². The van der Waals surface area contributed by atoms with E-state index in [0.29, 0.717) is 0 Å². The number of primary amides is 1. The van der Waals surface area contributed by atoms with Crippen molar-refractivity contribution in [3.8, 4) is 0 Å². The SMILES string of the molecule is CCOC(=O)CN(C(=O)C(C)NC(N)=O)C1CC1. The Balaban J connectivity index is 2.58. The van der Waals surface area contributed by atoms with Gasteiger partial charge in [0, 0.05) is 6.04 Å². The number of rotatable bonds is 6. The normalized spacial score (nSPS) is 15.7. The maximum atomic E-state index is 12.0. The molecular formula is C11H19N3O4. The molecule has 0 aromatic carbocycles. The summed E-state index contributed by atoms with van der Waals surface area (Å²) in [6, 6.07) is -1.43. The number of carbonyl (C=O) groups excluding carboxylic acids is 3. The second-order valence-electron chi connectivity index (χ2n) is 4.23. The van der Waals surface area contributed by atoms with Crippen molar-refractivity contribution in [1.29, 1.82) is 0 Å². The van der Waals surface area contributed by atoms with Gasteiger partial charge in [-0.15, -0.1) is 0 Å². The minimum absolute atomic E-state index is 0.0685. The number of carbonyl (C=O) groups is 3. The van der Waals surface area contributed by atoms with Crippen molar-refractivity contribution >= 4 is 17.9 Å². The predicted octanol–water partition coefficient (Wildman–Crippen LogP) is -0.403. The molecule has 7 nitrogen and oxygen atoms in total. The van der Waals surface area contributed by atoms with Crippen LogP contribution in [0, 0.1) is 0 Å². The van der Waals surface area contributed by atoms with E-state index in [1.54, 1.807) is 6.92 Å². The number of hydrogen-bond acceptors (Lipinski definition) is 4. The van der Waals surface area contributed by atoms with Crippen LogP contribution >= 0.6 is 0 Å². The average molecular weight is 257 g/mol. The molecule has 18 heavy (non-hydrogen) atoms. The van der Waals surface area contributed by atoms with Crippen molar-refractivity contribution in [2.75, 3.05) is 13.2 Å². The maximum absolute atomic E-state index is 12.0. The number of urea groups is 1. The molecule has 1 aliphatic carbocycles. The van der Waals surface area contributed by atoms with E-state index in [1.165, 1.54) is 11.8 Å². The molecule has 1 aliphatic rings. The van der Waals surface area contributed by atoms with Crippen LogP contribution in [-0.2, 0) is 14.3 Å². The van der Waals surface area contributed by atoms with Crippen LogP contribution in [0.5, 0.6) is 0 Å². The molecule has 3 N–H and O–H groups in total. The van der Waals surface area contributed by atoms with Gasteiger partial charge >= 0.3 is 12.0 Å². The monoisotopic (exact) mass is 257 g/mol. The van der Waals surface area contributed by atoms with Gasteiger partial charge in [0.15, 0.2) is 0 Å². The van der Waals surface area contributed by atoms with Gasteiger partial charge in [0.25, 0.3) is 0 Å². The zero-order valence-corrected chi connectivity index (χ0v) is 10.6. The summed E-state index contributed by atoms with van der Waals surface area (Å²) >= 11 is 0. The second-order valence-corrected chi connectivity index (χ2v) is 4.23. The number of amides is 3. The number of nitrogens with two attached hydrogens (primary N) is 1. The van der Waals surface area contributed by atoms with Crippen molar-refractivity contribution in [3.63, 3.8) is 0 Å². The highest BCUT2D eigenvalue weighted by Crippen LogP contribution is 2.27. The molecule has 3 amide bonds. The van der Waals surface area contributed by atoms with Crippen molar-refractivity contribution in [2.24, 2.45) is 5.73 Å². The standard InChI is InChI=1S/C11H19N3O4/c1-3-18-9(15)6-14(8-4-5-8)10(16)7(2)13-11(12)17/h7-8H,3-6H2,1-2H3,(H3,12,13,17). The molecule has 0 aromatic heterocycles. The lowest BCUT2D eigenvalue weighted by Crippen LogP contribution is -2.50. The van der Waals surface area contributed by atoms with Gasteiger partial charge in [-0.25, -0.2) is 4.79 Å². The summed E-state index contributed by atoms with van der Waals surface area (Å²) in [7, 11) is 0. The fourth-order valence-corrected chi connectivity index (χ4v) is 1.64. The molecule has 0 radical (unpaired) electrons. The largest absolute Gasteiger partial charge is 0.465 e. The van der Waals surface area contributed by atoms with Gasteiger partial charge in [0.2, 0.25) is 5.91 Å². The molecule has 0 heterocycles. The molecule has 7 heteroatoms. The lowest BCUT2D eigenvalue weighted by atomic mass is 10.2. The first-order valence-corrected chi connectivity index (χ1v) is 5.97. The molecule has 1 atom stereocenters. The van der Waals surface area contributed by atoms with Gasteiger partial charge < -0.3 is 20.7 Å². The molecular weight excluding hydrogens is 238 g/mol. The summed E-state index contributed by atoms with van der Waals surface area (Å²) in [6.45, 7) is 3.44. The molecule has 102 valence electrons. The molecule has 0 bridgehead atoms. The zero-order chi connectivity index (χ0) is 13.7. The molecule has 0 spiro atoms. The molecule has 1 unspecified atom stereocenters. The predicted molar refractivity (Wildman–Crippen MR) is 63.5 cm³/mol. The van der Waals surface area contributed by atoms with Crippen molar-refractivity contribution < 1.29 is 19.1 Å². The van der Waals surface area contributed by atoms with Gasteiger partial charge in [-0.3, -0.25) is 9.59 Å². The Kier molecular flexibility index (Phi) is 4.94. The van der Waals surface area contributed by atoms with Crippen LogP contribution in [0.1, 0.15) is 26.7 Å². The van der Waals surface area contributed by atoms with Crippen LogP contribution < -0.4 is 11.1 Å². The first kappa shape index (κ1) is 14.3. The summed E-state index contributed by atoms with van der Waals surface area (Å²) in [5.41, 5.74) is 4.96. The molecule has 1 fully saturated rings. The Morgan fingerprint density at radius 3 is 2.50 bits per heavy atom. The minimum atomic E-state index is -0.761. The van der Waals surface area contributed by atoms with Gasteiger partial charge in [-0.05, 0) is 26.7 Å². The van der Waals surface area contributed by atoms with Crippen molar-refractivity contribution in [1.82, 2.24) is 10.2 Å². The average Bonchev–Trinajstić information content (AvgIpc) is 3.08. The smallest absolute Gasteiger partial charge is 0.325 e. The lowest BCUT2D eigenvalue weighted by Gasteiger charge is -2.24. The van der Waals surface area contributed by atoms with Crippen LogP contribution in [0.2, 0.25) is 0 Å². The van der Waals surface area contributed by atoms with Crippen LogP contribution in [0.3, 0.4) is 0 Å². The van der Waals surface area contributed by atoms with E-state index >= 15 is 0 Å². The van der Waals surface area contributed by atoms with E-state index in [2.05, 4.69) is 5.32 Å². The third kappa shape index (κ3) is 4.23. The molecule has 0 saturated heterocycles. The molecule has 0 aromatic rings. The van der Waals surface area contributed by atoms with E-state index in [-0.39, 0.29) is 25.1 Å². The quantitative estimate of drug-likeness (QED) is 0.632. The first-order valence-electron chi connectivity index (χ1n) is 5.97. The van der Waals surface area contributed by atoms with Crippen LogP contribution in [0.4, 0.5) is 4.79 Å². The Labute approximate surface area is 106 Å². The molecule has 1 rings (SSSR count). The Hall–Kier alpha value is -1.79. The summed E-state index contributed by atoms with van der Waals surface area (Å²) < 4.78 is 4.82. The van der Waals surface area contributed by atoms with Gasteiger partial charge in [-0.2, -0.15) is 0 Å². The third-order valence-corrected chi connectivity index (χ3v) is 2.60. The van der Waals surface area contributed by atoms with Gasteiger partial charge in [0.1, 0.15) is 12.6 Å². The minimum Gasteiger partial charge on any atom is -0.465 e. The molecule has 0 aliphatic heterocycles. The van der Waals surface area contributed by atoms with Gasteiger partial charge in [-0.1, -0.05) is 0 Å². The van der Waals surface area contributed by atoms with E-state index in [0.717, 1.165) is 12.8 Å². The van der Waals surface area contributed by atoms with E-state index in [1.807, 2.05) is 0 Å². The number of hydrogen-bond donors (Lipinski definition) is 2. The highest BCUT2D eigenvalue weighted by atomic mass is 16.5. The summed E-state index contributed by atoms with van der Waals surface area (Å²) in [4.78, 5) is 35.6. The Morgan fingerprint density at radius 1 is 1.44 bits per heavy atom. The molecule has 1 saturated carbocycles. The lowest BCUT2D eigenvalue weighted by molar-refractivity contribution is -0.149. The highest BCUT2D eigenvalue weighted by molar-refractivity contribution is 5.89. The van der Waals surface area contributed by atoms with E-state index in [4.69, 9.17) is 10.5 Å². The highest BCUT2D eigenvalue weighted by Gasteiger charge is 2.36. The van der Waals surface area contributed by atoms with Crippen LogP contribution in [-0.4, -0.2) is 48.0 Å². The summed E-state index contributed by atoms with van der Waals surface area (Å²) in [5, 5.41) is 2.31. The van der Waals surface area contributed by atoms with Crippen molar-refractivity contribution in [3.05, 3.63) is 0 Å². The topological polar surface area (TPSA) is 102 Å². The van der Waals surface area contributed by atoms with Gasteiger partial charge in [0.05, 0.1) is 6.61 Å². The second kappa shape index (κ2) is 6.23. The maximum Gasteiger partial charge on any atom is 0.325 e. The van der Waals surface area contributed by atoms with Crippen molar-refractivity contribution in [2.45, 2.75) is 38.8 Å². The fraction of sp³-hybridized carbons (Fsp3) is 0.727. The third-order valence-electron chi connectivity index (χ3n) is 2.60. The number of ether oxygens (including phenoxy) is 1. The Morgan fingerprint density at radius 2 is 2.06 bits per heavy atom. The summed E-state index contributed by atoms with van der Waals surface area (Å²) in [5.74, 6) is -0.756. The number of nitrogens with one attached hydrogen (secondary N) is 1. The summed E-state index contributed by atoms with van der Waals surface area (Å²) in [6.07, 6.45) is 1.74. The number of nitrogens with zero attached hydrogens (tertiary/aromatic N) is 1.